The number of carbonyl (C=O) groups excluding carboxylic acids is 3. The standard InChI is InChI=1S/C20H22N4O3S/c25-16-11-14(19(27)24-8-3-1-2-4-9-24)10-15-17(16)28-20(22-15)23-18(26)13-6-5-7-21-12-13/h5-7,12,14H,1-4,8-11H2,(H,22,23,26)/t14-/m0/s1. The summed E-state index contributed by atoms with van der Waals surface area (Å²) in [5.74, 6) is -0.658. The lowest BCUT2D eigenvalue weighted by molar-refractivity contribution is -0.135. The fourth-order valence-corrected chi connectivity index (χ4v) is 4.71. The minimum absolute atomic E-state index is 0.0613. The number of likely N-dealkylation sites (tertiary alicyclic amines) is 1. The summed E-state index contributed by atoms with van der Waals surface area (Å²) in [5, 5.41) is 3.12. The lowest BCUT2D eigenvalue weighted by Crippen LogP contribution is -2.40. The first kappa shape index (κ1) is 18.7. The van der Waals surface area contributed by atoms with Crippen molar-refractivity contribution in [1.29, 1.82) is 0 Å². The lowest BCUT2D eigenvalue weighted by atomic mass is 9.89. The molecule has 1 fully saturated rings. The number of anilines is 1. The number of ketones is 1. The lowest BCUT2D eigenvalue weighted by Gasteiger charge is -2.27. The third kappa shape index (κ3) is 3.96. The Morgan fingerprint density at radius 2 is 1.93 bits per heavy atom. The third-order valence-electron chi connectivity index (χ3n) is 5.23. The zero-order chi connectivity index (χ0) is 19.5. The van der Waals surface area contributed by atoms with Gasteiger partial charge in [-0.05, 0) is 25.0 Å². The van der Waals surface area contributed by atoms with Crippen LogP contribution in [0.25, 0.3) is 0 Å². The Hall–Kier alpha value is -2.61. The predicted molar refractivity (Wildman–Crippen MR) is 105 cm³/mol. The van der Waals surface area contributed by atoms with Gasteiger partial charge in [-0.2, -0.15) is 0 Å². The average molecular weight is 398 g/mol. The van der Waals surface area contributed by atoms with E-state index in [1.54, 1.807) is 18.3 Å². The van der Waals surface area contributed by atoms with Crippen LogP contribution < -0.4 is 5.32 Å². The first-order valence-corrected chi connectivity index (χ1v) is 10.5. The molecule has 3 heterocycles. The van der Waals surface area contributed by atoms with Crippen LogP contribution >= 0.6 is 11.3 Å². The van der Waals surface area contributed by atoms with E-state index in [2.05, 4.69) is 15.3 Å². The molecule has 4 rings (SSSR count). The van der Waals surface area contributed by atoms with Crippen molar-refractivity contribution >= 4 is 34.1 Å². The molecule has 0 saturated carbocycles. The molecule has 1 aliphatic heterocycles. The average Bonchev–Trinajstić information content (AvgIpc) is 2.93. The van der Waals surface area contributed by atoms with E-state index in [1.807, 2.05) is 4.90 Å². The zero-order valence-electron chi connectivity index (χ0n) is 15.5. The molecular formula is C20H22N4O3S. The number of hydrogen-bond donors (Lipinski definition) is 1. The minimum atomic E-state index is -0.345. The molecule has 0 spiro atoms. The topological polar surface area (TPSA) is 92.3 Å². The van der Waals surface area contributed by atoms with Gasteiger partial charge in [0.05, 0.1) is 22.1 Å². The Kier molecular flexibility index (Phi) is 5.47. The maximum Gasteiger partial charge on any atom is 0.259 e. The van der Waals surface area contributed by atoms with Crippen LogP contribution in [-0.4, -0.2) is 45.6 Å². The fourth-order valence-electron chi connectivity index (χ4n) is 3.77. The Balaban J connectivity index is 1.47. The Bertz CT molecular complexity index is 888. The van der Waals surface area contributed by atoms with E-state index < -0.39 is 0 Å². The van der Waals surface area contributed by atoms with Gasteiger partial charge in [0, 0.05) is 38.3 Å². The smallest absolute Gasteiger partial charge is 0.259 e. The van der Waals surface area contributed by atoms with Crippen LogP contribution in [0.5, 0.6) is 0 Å². The summed E-state index contributed by atoms with van der Waals surface area (Å²) < 4.78 is 0. The number of pyridine rings is 1. The molecule has 7 nitrogen and oxygen atoms in total. The molecule has 146 valence electrons. The van der Waals surface area contributed by atoms with E-state index in [4.69, 9.17) is 0 Å². The van der Waals surface area contributed by atoms with Gasteiger partial charge in [0.1, 0.15) is 0 Å². The molecule has 1 N–H and O–H groups in total. The number of rotatable bonds is 3. The molecule has 2 aromatic heterocycles. The van der Waals surface area contributed by atoms with Crippen molar-refractivity contribution in [3.63, 3.8) is 0 Å². The summed E-state index contributed by atoms with van der Waals surface area (Å²) in [6, 6.07) is 3.35. The highest BCUT2D eigenvalue weighted by molar-refractivity contribution is 7.17. The number of fused-ring (bicyclic) bond motifs is 1. The molecule has 2 aromatic rings. The van der Waals surface area contributed by atoms with Gasteiger partial charge in [-0.1, -0.05) is 24.2 Å². The summed E-state index contributed by atoms with van der Waals surface area (Å²) in [4.78, 5) is 48.6. The molecule has 2 amide bonds. The predicted octanol–water partition coefficient (Wildman–Crippen LogP) is 2.94. The maximum atomic E-state index is 12.9. The molecule has 0 unspecified atom stereocenters. The van der Waals surface area contributed by atoms with Crippen LogP contribution in [0.2, 0.25) is 0 Å². The first-order chi connectivity index (χ1) is 13.6. The van der Waals surface area contributed by atoms with Crippen molar-refractivity contribution in [2.75, 3.05) is 18.4 Å². The van der Waals surface area contributed by atoms with E-state index >= 15 is 0 Å². The van der Waals surface area contributed by atoms with Crippen molar-refractivity contribution in [3.8, 4) is 0 Å². The second-order valence-corrected chi connectivity index (χ2v) is 8.26. The van der Waals surface area contributed by atoms with Gasteiger partial charge in [-0.15, -0.1) is 0 Å². The molecule has 1 saturated heterocycles. The van der Waals surface area contributed by atoms with Gasteiger partial charge in [-0.3, -0.25) is 24.7 Å². The van der Waals surface area contributed by atoms with Gasteiger partial charge in [0.25, 0.3) is 5.91 Å². The Morgan fingerprint density at radius 1 is 1.14 bits per heavy atom. The Labute approximate surface area is 167 Å². The number of carbonyl (C=O) groups is 3. The number of thiazole rings is 1. The van der Waals surface area contributed by atoms with Crippen LogP contribution in [-0.2, 0) is 11.2 Å². The highest BCUT2D eigenvalue weighted by Gasteiger charge is 2.35. The fraction of sp³-hybridized carbons (Fsp3) is 0.450. The molecule has 1 atom stereocenters. The maximum absolute atomic E-state index is 12.9. The van der Waals surface area contributed by atoms with E-state index in [9.17, 15) is 14.4 Å². The van der Waals surface area contributed by atoms with Gasteiger partial charge >= 0.3 is 0 Å². The summed E-state index contributed by atoms with van der Waals surface area (Å²) in [5.41, 5.74) is 1.05. The molecule has 0 bridgehead atoms. The molecule has 0 aromatic carbocycles. The van der Waals surface area contributed by atoms with Crippen LogP contribution in [0.15, 0.2) is 24.5 Å². The first-order valence-electron chi connectivity index (χ1n) is 9.65. The van der Waals surface area contributed by atoms with Crippen molar-refractivity contribution in [2.24, 2.45) is 5.92 Å². The Morgan fingerprint density at radius 3 is 2.64 bits per heavy atom. The van der Waals surface area contributed by atoms with Crippen LogP contribution in [0.1, 0.15) is 57.8 Å². The second-order valence-electron chi connectivity index (χ2n) is 7.26. The summed E-state index contributed by atoms with van der Waals surface area (Å²) >= 11 is 1.18. The van der Waals surface area contributed by atoms with E-state index in [0.717, 1.165) is 38.8 Å². The van der Waals surface area contributed by atoms with E-state index in [0.29, 0.717) is 27.7 Å². The molecule has 2 aliphatic rings. The monoisotopic (exact) mass is 398 g/mol. The highest BCUT2D eigenvalue weighted by Crippen LogP contribution is 2.33. The quantitative estimate of drug-likeness (QED) is 0.858. The molecule has 0 radical (unpaired) electrons. The van der Waals surface area contributed by atoms with Crippen molar-refractivity contribution in [3.05, 3.63) is 40.7 Å². The number of Topliss-reactive ketones (excluding diaryl/α,β-unsaturated/α-hetero) is 1. The molecule has 1 aliphatic carbocycles. The van der Waals surface area contributed by atoms with E-state index in [1.165, 1.54) is 17.5 Å². The van der Waals surface area contributed by atoms with Crippen molar-refractivity contribution in [1.82, 2.24) is 14.9 Å². The number of aromatic nitrogens is 2. The number of amides is 2. The third-order valence-corrected chi connectivity index (χ3v) is 6.29. The van der Waals surface area contributed by atoms with Crippen LogP contribution in [0.3, 0.4) is 0 Å². The number of nitrogens with one attached hydrogen (secondary N) is 1. The van der Waals surface area contributed by atoms with Gasteiger partial charge < -0.3 is 4.90 Å². The highest BCUT2D eigenvalue weighted by atomic mass is 32.1. The molecule has 8 heteroatoms. The van der Waals surface area contributed by atoms with Crippen LogP contribution in [0, 0.1) is 5.92 Å². The van der Waals surface area contributed by atoms with Crippen molar-refractivity contribution in [2.45, 2.75) is 38.5 Å². The molecule has 28 heavy (non-hydrogen) atoms. The molecular weight excluding hydrogens is 376 g/mol. The van der Waals surface area contributed by atoms with Crippen LogP contribution in [0.4, 0.5) is 5.13 Å². The number of nitrogens with zero attached hydrogens (tertiary/aromatic N) is 3. The number of hydrogen-bond acceptors (Lipinski definition) is 6. The van der Waals surface area contributed by atoms with Gasteiger partial charge in [0.2, 0.25) is 5.91 Å². The summed E-state index contributed by atoms with van der Waals surface area (Å²) in [7, 11) is 0. The normalized spacial score (nSPS) is 19.6. The minimum Gasteiger partial charge on any atom is -0.342 e. The van der Waals surface area contributed by atoms with Gasteiger partial charge in [0.15, 0.2) is 10.9 Å². The van der Waals surface area contributed by atoms with Gasteiger partial charge in [-0.25, -0.2) is 4.98 Å². The summed E-state index contributed by atoms with van der Waals surface area (Å²) in [6.07, 6.45) is 8.12. The second kappa shape index (κ2) is 8.18. The largest absolute Gasteiger partial charge is 0.342 e. The van der Waals surface area contributed by atoms with E-state index in [-0.39, 0.29) is 29.9 Å². The zero-order valence-corrected chi connectivity index (χ0v) is 16.3. The summed E-state index contributed by atoms with van der Waals surface area (Å²) in [6.45, 7) is 1.56. The SMILES string of the molecule is O=C(Nc1nc2c(s1)C(=O)C[C@@H](C(=O)N1CCCCCC1)C2)c1cccnc1. The van der Waals surface area contributed by atoms with Crippen molar-refractivity contribution < 1.29 is 14.4 Å².